The van der Waals surface area contributed by atoms with E-state index in [4.69, 9.17) is 4.84 Å². The lowest BCUT2D eigenvalue weighted by Crippen LogP contribution is -2.39. The first-order chi connectivity index (χ1) is 11.4. The molecule has 5 heteroatoms. The van der Waals surface area contributed by atoms with Crippen LogP contribution < -0.4 is 0 Å². The summed E-state index contributed by atoms with van der Waals surface area (Å²) in [6.07, 6.45) is 0.440. The molecule has 2 amide bonds. The molecule has 0 radical (unpaired) electrons. The average Bonchev–Trinajstić information content (AvgIpc) is 2.81. The van der Waals surface area contributed by atoms with Gasteiger partial charge < -0.3 is 4.84 Å². The fourth-order valence-electron chi connectivity index (χ4n) is 2.63. The number of nitrogens with zero attached hydrogens (tertiary/aromatic N) is 1. The second kappa shape index (κ2) is 5.92. The number of rotatable bonds is 4. The highest BCUT2D eigenvalue weighted by atomic mass is 16.7. The van der Waals surface area contributed by atoms with Crippen LogP contribution in [0.25, 0.3) is 0 Å². The molecule has 0 saturated heterocycles. The maximum absolute atomic E-state index is 12.5. The van der Waals surface area contributed by atoms with Crippen molar-refractivity contribution in [2.45, 2.75) is 20.3 Å². The third-order valence-electron chi connectivity index (χ3n) is 3.97. The Balaban J connectivity index is 1.75. The van der Waals surface area contributed by atoms with Gasteiger partial charge in [-0.2, -0.15) is 0 Å². The predicted molar refractivity (Wildman–Crippen MR) is 87.0 cm³/mol. The highest BCUT2D eigenvalue weighted by Gasteiger charge is 2.41. The number of hydrogen-bond donors (Lipinski definition) is 0. The SMILES string of the molecule is CC(C)(Cc1ccccc1)C(=O)ON1C(=O)c2ccccc2C1=O. The Morgan fingerprint density at radius 1 is 0.917 bits per heavy atom. The molecule has 1 aliphatic rings. The maximum atomic E-state index is 12.5. The predicted octanol–water partition coefficient (Wildman–Crippen LogP) is 3.01. The molecular weight excluding hydrogens is 306 g/mol. The van der Waals surface area contributed by atoms with Crippen LogP contribution in [0.5, 0.6) is 0 Å². The molecule has 1 heterocycles. The molecule has 0 bridgehead atoms. The Labute approximate surface area is 139 Å². The van der Waals surface area contributed by atoms with Gasteiger partial charge in [0.1, 0.15) is 0 Å². The van der Waals surface area contributed by atoms with Crippen LogP contribution in [0.3, 0.4) is 0 Å². The van der Waals surface area contributed by atoms with Gasteiger partial charge in [0.25, 0.3) is 11.8 Å². The van der Waals surface area contributed by atoms with Gasteiger partial charge in [-0.1, -0.05) is 47.5 Å². The van der Waals surface area contributed by atoms with Crippen LogP contribution in [0.1, 0.15) is 40.1 Å². The van der Waals surface area contributed by atoms with E-state index in [1.165, 1.54) is 0 Å². The molecular formula is C19H17NO4. The number of hydroxylamine groups is 2. The van der Waals surface area contributed by atoms with Crippen molar-refractivity contribution in [2.75, 3.05) is 0 Å². The highest BCUT2D eigenvalue weighted by molar-refractivity contribution is 6.20. The monoisotopic (exact) mass is 323 g/mol. The summed E-state index contributed by atoms with van der Waals surface area (Å²) in [5.74, 6) is -1.85. The molecule has 24 heavy (non-hydrogen) atoms. The van der Waals surface area contributed by atoms with E-state index in [0.717, 1.165) is 5.56 Å². The standard InChI is InChI=1S/C19H17NO4/c1-19(2,12-13-8-4-3-5-9-13)18(23)24-20-16(21)14-10-6-7-11-15(14)17(20)22/h3-11H,12H2,1-2H3. The van der Waals surface area contributed by atoms with Crippen molar-refractivity contribution in [1.29, 1.82) is 0 Å². The van der Waals surface area contributed by atoms with Gasteiger partial charge in [0, 0.05) is 0 Å². The Hall–Kier alpha value is -2.95. The summed E-state index contributed by atoms with van der Waals surface area (Å²) in [7, 11) is 0. The van der Waals surface area contributed by atoms with Crippen LogP contribution in [-0.4, -0.2) is 22.8 Å². The first-order valence-corrected chi connectivity index (χ1v) is 7.64. The van der Waals surface area contributed by atoms with Crippen LogP contribution in [0.4, 0.5) is 0 Å². The summed E-state index contributed by atoms with van der Waals surface area (Å²) < 4.78 is 0. The van der Waals surface area contributed by atoms with E-state index in [9.17, 15) is 14.4 Å². The maximum Gasteiger partial charge on any atom is 0.339 e. The molecule has 0 saturated carbocycles. The lowest BCUT2D eigenvalue weighted by molar-refractivity contribution is -0.179. The van der Waals surface area contributed by atoms with Crippen LogP contribution in [0.2, 0.25) is 0 Å². The van der Waals surface area contributed by atoms with Crippen molar-refractivity contribution >= 4 is 17.8 Å². The lowest BCUT2D eigenvalue weighted by Gasteiger charge is -2.24. The van der Waals surface area contributed by atoms with Crippen molar-refractivity contribution < 1.29 is 19.2 Å². The van der Waals surface area contributed by atoms with Crippen molar-refractivity contribution in [2.24, 2.45) is 5.41 Å². The summed E-state index contributed by atoms with van der Waals surface area (Å²) in [5, 5.41) is 0.555. The Morgan fingerprint density at radius 2 is 1.42 bits per heavy atom. The topological polar surface area (TPSA) is 63.7 Å². The van der Waals surface area contributed by atoms with Crippen LogP contribution >= 0.6 is 0 Å². The molecule has 0 N–H and O–H groups in total. The second-order valence-electron chi connectivity index (χ2n) is 6.38. The highest BCUT2D eigenvalue weighted by Crippen LogP contribution is 2.28. The first kappa shape index (κ1) is 15.9. The van der Waals surface area contributed by atoms with E-state index < -0.39 is 23.2 Å². The van der Waals surface area contributed by atoms with Gasteiger partial charge in [0.15, 0.2) is 0 Å². The summed E-state index contributed by atoms with van der Waals surface area (Å²) in [4.78, 5) is 42.2. The fraction of sp³-hybridized carbons (Fsp3) is 0.211. The third-order valence-corrected chi connectivity index (χ3v) is 3.97. The molecule has 0 aliphatic carbocycles. The number of hydrogen-bond acceptors (Lipinski definition) is 4. The van der Waals surface area contributed by atoms with Gasteiger partial charge >= 0.3 is 5.97 Å². The molecule has 5 nitrogen and oxygen atoms in total. The zero-order valence-corrected chi connectivity index (χ0v) is 13.5. The molecule has 0 spiro atoms. The molecule has 2 aromatic carbocycles. The zero-order valence-electron chi connectivity index (χ0n) is 13.5. The van der Waals surface area contributed by atoms with Crippen LogP contribution in [-0.2, 0) is 16.1 Å². The van der Waals surface area contributed by atoms with Gasteiger partial charge in [0.05, 0.1) is 16.5 Å². The van der Waals surface area contributed by atoms with Crippen molar-refractivity contribution in [1.82, 2.24) is 5.06 Å². The summed E-state index contributed by atoms with van der Waals surface area (Å²) in [5.41, 5.74) is 0.589. The molecule has 0 aromatic heterocycles. The normalized spacial score (nSPS) is 13.8. The van der Waals surface area contributed by atoms with Crippen LogP contribution in [0, 0.1) is 5.41 Å². The minimum absolute atomic E-state index is 0.246. The molecule has 3 rings (SSSR count). The van der Waals surface area contributed by atoms with Gasteiger partial charge in [-0.25, -0.2) is 4.79 Å². The number of carbonyl (C=O) groups excluding carboxylic acids is 3. The second-order valence-corrected chi connectivity index (χ2v) is 6.38. The van der Waals surface area contributed by atoms with Crippen molar-refractivity contribution in [3.05, 3.63) is 71.3 Å². The van der Waals surface area contributed by atoms with E-state index >= 15 is 0 Å². The minimum atomic E-state index is -0.878. The van der Waals surface area contributed by atoms with E-state index in [0.29, 0.717) is 11.5 Å². The van der Waals surface area contributed by atoms with Crippen molar-refractivity contribution in [3.8, 4) is 0 Å². The Kier molecular flexibility index (Phi) is 3.93. The first-order valence-electron chi connectivity index (χ1n) is 7.64. The van der Waals surface area contributed by atoms with E-state index in [2.05, 4.69) is 0 Å². The van der Waals surface area contributed by atoms with E-state index in [1.807, 2.05) is 30.3 Å². The Bertz CT molecular complexity index is 776. The van der Waals surface area contributed by atoms with E-state index in [-0.39, 0.29) is 11.1 Å². The largest absolute Gasteiger partial charge is 0.339 e. The quantitative estimate of drug-likeness (QED) is 0.811. The molecule has 122 valence electrons. The number of fused-ring (bicyclic) bond motifs is 1. The Morgan fingerprint density at radius 3 is 1.96 bits per heavy atom. The summed E-state index contributed by atoms with van der Waals surface area (Å²) in [6.45, 7) is 3.45. The van der Waals surface area contributed by atoms with Crippen LogP contribution in [0.15, 0.2) is 54.6 Å². The molecule has 2 aromatic rings. The molecule has 1 aliphatic heterocycles. The molecule has 0 fully saturated rings. The number of benzene rings is 2. The van der Waals surface area contributed by atoms with Gasteiger partial charge in [-0.15, -0.1) is 0 Å². The number of carbonyl (C=O) groups is 3. The number of imide groups is 1. The van der Waals surface area contributed by atoms with Gasteiger partial charge in [-0.3, -0.25) is 9.59 Å². The van der Waals surface area contributed by atoms with Gasteiger partial charge in [-0.05, 0) is 38.0 Å². The molecule has 0 unspecified atom stereocenters. The smallest absolute Gasteiger partial charge is 0.329 e. The van der Waals surface area contributed by atoms with E-state index in [1.54, 1.807) is 38.1 Å². The van der Waals surface area contributed by atoms with Crippen molar-refractivity contribution in [3.63, 3.8) is 0 Å². The number of amides is 2. The average molecular weight is 323 g/mol. The summed E-state index contributed by atoms with van der Waals surface area (Å²) in [6, 6.07) is 15.9. The fourth-order valence-corrected chi connectivity index (χ4v) is 2.63. The zero-order chi connectivity index (χ0) is 17.3. The summed E-state index contributed by atoms with van der Waals surface area (Å²) >= 11 is 0. The van der Waals surface area contributed by atoms with Gasteiger partial charge in [0.2, 0.25) is 0 Å². The molecule has 0 atom stereocenters. The minimum Gasteiger partial charge on any atom is -0.329 e. The third kappa shape index (κ3) is 2.80. The lowest BCUT2D eigenvalue weighted by atomic mass is 9.86.